The van der Waals surface area contributed by atoms with Crippen LogP contribution in [0.5, 0.6) is 11.5 Å². The van der Waals surface area contributed by atoms with Gasteiger partial charge in [-0.1, -0.05) is 39.0 Å². The molecule has 0 radical (unpaired) electrons. The molecule has 26 heavy (non-hydrogen) atoms. The minimum Gasteiger partial charge on any atom is -0.497 e. The average Bonchev–Trinajstić information content (AvgIpc) is 2.69. The molecule has 0 amide bonds. The lowest BCUT2D eigenvalue weighted by molar-refractivity contribution is -0.140. The van der Waals surface area contributed by atoms with E-state index in [1.165, 1.54) is 25.7 Å². The maximum atomic E-state index is 12.4. The largest absolute Gasteiger partial charge is 0.497 e. The third kappa shape index (κ3) is 5.76. The second kappa shape index (κ2) is 10.2. The highest BCUT2D eigenvalue weighted by Gasteiger charge is 2.37. The fourth-order valence-electron chi connectivity index (χ4n) is 3.73. The van der Waals surface area contributed by atoms with Crippen LogP contribution in [0, 0.1) is 22.7 Å². The Morgan fingerprint density at radius 3 is 2.31 bits per heavy atom. The van der Waals surface area contributed by atoms with Gasteiger partial charge in [-0.25, -0.2) is 0 Å². The lowest BCUT2D eigenvalue weighted by Gasteiger charge is -2.34. The Bertz CT molecular complexity index is 595. The number of rotatable bonds is 9. The quantitative estimate of drug-likeness (QED) is 0.325. The monoisotopic (exact) mass is 357 g/mol. The fraction of sp³-hybridized carbons (Fsp3) is 0.636. The lowest BCUT2D eigenvalue weighted by Crippen LogP contribution is -2.31. The van der Waals surface area contributed by atoms with E-state index in [9.17, 15) is 10.1 Å². The van der Waals surface area contributed by atoms with Crippen LogP contribution in [0.2, 0.25) is 0 Å². The summed E-state index contributed by atoms with van der Waals surface area (Å²) in [5.74, 6) is 1.01. The zero-order valence-corrected chi connectivity index (χ0v) is 16.1. The molecule has 4 heteroatoms. The van der Waals surface area contributed by atoms with Gasteiger partial charge in [-0.15, -0.1) is 0 Å². The third-order valence-corrected chi connectivity index (χ3v) is 5.55. The summed E-state index contributed by atoms with van der Waals surface area (Å²) in [5.41, 5.74) is -0.233. The van der Waals surface area contributed by atoms with Crippen molar-refractivity contribution >= 4 is 5.97 Å². The SMILES string of the molecule is CCCCCCCC1(C#N)CCC(C(=O)Oc2ccc(OC)cc2)CC1. The van der Waals surface area contributed by atoms with E-state index in [2.05, 4.69) is 13.0 Å². The number of carbonyl (C=O) groups is 1. The molecule has 0 saturated heterocycles. The average molecular weight is 357 g/mol. The smallest absolute Gasteiger partial charge is 0.314 e. The number of unbranched alkanes of at least 4 members (excludes halogenated alkanes) is 4. The van der Waals surface area contributed by atoms with Gasteiger partial charge >= 0.3 is 5.97 Å². The molecule has 1 fully saturated rings. The molecule has 4 nitrogen and oxygen atoms in total. The highest BCUT2D eigenvalue weighted by atomic mass is 16.5. The third-order valence-electron chi connectivity index (χ3n) is 5.55. The highest BCUT2D eigenvalue weighted by Crippen LogP contribution is 2.42. The van der Waals surface area contributed by atoms with Gasteiger partial charge in [0.2, 0.25) is 0 Å². The van der Waals surface area contributed by atoms with Crippen molar-refractivity contribution in [1.29, 1.82) is 5.26 Å². The van der Waals surface area contributed by atoms with E-state index in [0.29, 0.717) is 5.75 Å². The normalized spacial score (nSPS) is 22.4. The van der Waals surface area contributed by atoms with E-state index >= 15 is 0 Å². The van der Waals surface area contributed by atoms with Gasteiger partial charge < -0.3 is 9.47 Å². The zero-order valence-electron chi connectivity index (χ0n) is 16.1. The van der Waals surface area contributed by atoms with Crippen LogP contribution in [-0.2, 0) is 4.79 Å². The maximum absolute atomic E-state index is 12.4. The van der Waals surface area contributed by atoms with E-state index in [0.717, 1.165) is 44.3 Å². The second-order valence-electron chi connectivity index (χ2n) is 7.43. The van der Waals surface area contributed by atoms with Crippen molar-refractivity contribution in [3.63, 3.8) is 0 Å². The molecule has 1 aliphatic carbocycles. The first-order chi connectivity index (χ1) is 12.6. The number of ether oxygens (including phenoxy) is 2. The van der Waals surface area contributed by atoms with Crippen LogP contribution in [0.1, 0.15) is 71.1 Å². The van der Waals surface area contributed by atoms with Crippen LogP contribution in [0.3, 0.4) is 0 Å². The summed E-state index contributed by atoms with van der Waals surface area (Å²) in [5, 5.41) is 9.68. The number of benzene rings is 1. The van der Waals surface area contributed by atoms with Gasteiger partial charge in [-0.2, -0.15) is 5.26 Å². The van der Waals surface area contributed by atoms with Crippen LogP contribution in [-0.4, -0.2) is 13.1 Å². The Labute approximate surface area is 157 Å². The van der Waals surface area contributed by atoms with Gasteiger partial charge in [0.25, 0.3) is 0 Å². The van der Waals surface area contributed by atoms with E-state index in [1.807, 2.05) is 0 Å². The molecule has 142 valence electrons. The highest BCUT2D eigenvalue weighted by molar-refractivity contribution is 5.75. The summed E-state index contributed by atoms with van der Waals surface area (Å²) in [6.07, 6.45) is 10.2. The molecule has 0 heterocycles. The van der Waals surface area contributed by atoms with E-state index in [-0.39, 0.29) is 17.3 Å². The number of carbonyl (C=O) groups excluding carboxylic acids is 1. The number of hydrogen-bond acceptors (Lipinski definition) is 4. The summed E-state index contributed by atoms with van der Waals surface area (Å²) < 4.78 is 10.6. The molecule has 0 aromatic heterocycles. The molecule has 0 aliphatic heterocycles. The first kappa shape index (κ1) is 20.3. The van der Waals surface area contributed by atoms with E-state index in [1.54, 1.807) is 31.4 Å². The fourth-order valence-corrected chi connectivity index (χ4v) is 3.73. The Balaban J connectivity index is 1.79. The van der Waals surface area contributed by atoms with E-state index < -0.39 is 0 Å². The van der Waals surface area contributed by atoms with Crippen molar-refractivity contribution in [3.8, 4) is 17.6 Å². The van der Waals surface area contributed by atoms with Crippen molar-refractivity contribution in [3.05, 3.63) is 24.3 Å². The number of nitrogens with zero attached hydrogens (tertiary/aromatic N) is 1. The molecule has 0 unspecified atom stereocenters. The summed E-state index contributed by atoms with van der Waals surface area (Å²) in [7, 11) is 1.61. The summed E-state index contributed by atoms with van der Waals surface area (Å²) >= 11 is 0. The Morgan fingerprint density at radius 2 is 1.73 bits per heavy atom. The van der Waals surface area contributed by atoms with Gasteiger partial charge in [-0.3, -0.25) is 4.79 Å². The van der Waals surface area contributed by atoms with Crippen molar-refractivity contribution in [1.82, 2.24) is 0 Å². The van der Waals surface area contributed by atoms with Gasteiger partial charge in [-0.05, 0) is 56.4 Å². The first-order valence-corrected chi connectivity index (χ1v) is 9.89. The van der Waals surface area contributed by atoms with Crippen molar-refractivity contribution in [2.24, 2.45) is 11.3 Å². The number of hydrogen-bond donors (Lipinski definition) is 0. The standard InChI is InChI=1S/C22H31NO3/c1-3-4-5-6-7-14-22(17-23)15-12-18(13-16-22)21(24)26-20-10-8-19(25-2)9-11-20/h8-11,18H,3-7,12-16H2,1-2H3. The van der Waals surface area contributed by atoms with Crippen molar-refractivity contribution in [2.45, 2.75) is 71.1 Å². The van der Waals surface area contributed by atoms with Gasteiger partial charge in [0.1, 0.15) is 11.5 Å². The molecule has 0 N–H and O–H groups in total. The van der Waals surface area contributed by atoms with Gasteiger partial charge in [0, 0.05) is 0 Å². The zero-order chi connectivity index (χ0) is 18.8. The number of methoxy groups -OCH3 is 1. The van der Waals surface area contributed by atoms with Crippen LogP contribution in [0.15, 0.2) is 24.3 Å². The molecule has 0 bridgehead atoms. The van der Waals surface area contributed by atoms with E-state index in [4.69, 9.17) is 9.47 Å². The van der Waals surface area contributed by atoms with Crippen LogP contribution in [0.25, 0.3) is 0 Å². The molecule has 0 spiro atoms. The Kier molecular flexibility index (Phi) is 7.97. The summed E-state index contributed by atoms with van der Waals surface area (Å²) in [4.78, 5) is 12.4. The molecule has 1 saturated carbocycles. The maximum Gasteiger partial charge on any atom is 0.314 e. The topological polar surface area (TPSA) is 59.3 Å². The molecule has 1 aromatic carbocycles. The van der Waals surface area contributed by atoms with Crippen LogP contribution in [0.4, 0.5) is 0 Å². The molecule has 0 atom stereocenters. The van der Waals surface area contributed by atoms with Crippen molar-refractivity contribution < 1.29 is 14.3 Å². The predicted octanol–water partition coefficient (Wildman–Crippen LogP) is 5.66. The summed E-state index contributed by atoms with van der Waals surface area (Å²) in [6.45, 7) is 2.21. The number of esters is 1. The summed E-state index contributed by atoms with van der Waals surface area (Å²) in [6, 6.07) is 9.62. The molecular weight excluding hydrogens is 326 g/mol. The van der Waals surface area contributed by atoms with Gasteiger partial charge in [0.05, 0.1) is 24.5 Å². The molecule has 2 rings (SSSR count). The Morgan fingerprint density at radius 1 is 1.12 bits per heavy atom. The minimum absolute atomic E-state index is 0.0985. The van der Waals surface area contributed by atoms with Gasteiger partial charge in [0.15, 0.2) is 0 Å². The van der Waals surface area contributed by atoms with Crippen LogP contribution >= 0.6 is 0 Å². The minimum atomic E-state index is -0.233. The molecular formula is C22H31NO3. The number of nitriles is 1. The molecule has 1 aromatic rings. The Hall–Kier alpha value is -2.02. The van der Waals surface area contributed by atoms with Crippen LogP contribution < -0.4 is 9.47 Å². The second-order valence-corrected chi connectivity index (χ2v) is 7.43. The predicted molar refractivity (Wildman–Crippen MR) is 102 cm³/mol. The molecule has 1 aliphatic rings. The lowest BCUT2D eigenvalue weighted by atomic mass is 9.69. The first-order valence-electron chi connectivity index (χ1n) is 9.89. The van der Waals surface area contributed by atoms with Crippen molar-refractivity contribution in [2.75, 3.05) is 7.11 Å².